The first-order chi connectivity index (χ1) is 16.8. The van der Waals surface area contributed by atoms with Crippen molar-refractivity contribution in [2.24, 2.45) is 0 Å². The normalized spacial score (nSPS) is 13.5. The molecule has 2 aromatic carbocycles. The minimum absolute atomic E-state index is 0.0260. The van der Waals surface area contributed by atoms with Crippen LogP contribution >= 0.6 is 0 Å². The molecule has 11 heteroatoms. The van der Waals surface area contributed by atoms with E-state index in [2.05, 4.69) is 5.10 Å². The number of carbonyl (C=O) groups is 2. The summed E-state index contributed by atoms with van der Waals surface area (Å²) in [5, 5.41) is 15.7. The van der Waals surface area contributed by atoms with Crippen LogP contribution in [0.1, 0.15) is 17.4 Å². The quantitative estimate of drug-likeness (QED) is 0.394. The number of hydrogen-bond donors (Lipinski definition) is 0. The summed E-state index contributed by atoms with van der Waals surface area (Å²) in [5.41, 5.74) is 1.88. The Morgan fingerprint density at radius 2 is 1.60 bits per heavy atom. The maximum absolute atomic E-state index is 13.5. The van der Waals surface area contributed by atoms with Crippen LogP contribution in [0.15, 0.2) is 48.5 Å². The molecule has 0 atom stereocenters. The smallest absolute Gasteiger partial charge is 0.272 e. The molecule has 3 aromatic rings. The summed E-state index contributed by atoms with van der Waals surface area (Å²) in [6.07, 6.45) is 0. The largest absolute Gasteiger partial charge is 0.497 e. The molecule has 1 aliphatic heterocycles. The first-order valence-electron chi connectivity index (χ1n) is 10.9. The van der Waals surface area contributed by atoms with Crippen molar-refractivity contribution in [1.29, 1.82) is 0 Å². The summed E-state index contributed by atoms with van der Waals surface area (Å²) >= 11 is 0. The summed E-state index contributed by atoms with van der Waals surface area (Å²) in [4.78, 5) is 39.2. The molecule has 0 aliphatic carbocycles. The molecule has 0 unspecified atom stereocenters. The van der Waals surface area contributed by atoms with Crippen LogP contribution in [-0.2, 0) is 4.79 Å². The van der Waals surface area contributed by atoms with E-state index in [9.17, 15) is 19.7 Å². The SMILES string of the molecule is COc1ccc(-c2cc(C(=O)N3CCN(C(C)=O)CC3)n(-c3ccc([N+](=O)[O-])cc3)n2)c(OC)c1. The number of amides is 2. The van der Waals surface area contributed by atoms with E-state index in [1.807, 2.05) is 0 Å². The van der Waals surface area contributed by atoms with Gasteiger partial charge in [-0.2, -0.15) is 5.10 Å². The predicted octanol–water partition coefficient (Wildman–Crippen LogP) is 2.77. The zero-order chi connectivity index (χ0) is 25.1. The molecule has 35 heavy (non-hydrogen) atoms. The van der Waals surface area contributed by atoms with Gasteiger partial charge in [-0.05, 0) is 30.3 Å². The lowest BCUT2D eigenvalue weighted by atomic mass is 10.1. The molecule has 1 saturated heterocycles. The van der Waals surface area contributed by atoms with Gasteiger partial charge in [-0.15, -0.1) is 0 Å². The summed E-state index contributed by atoms with van der Waals surface area (Å²) in [7, 11) is 3.09. The Morgan fingerprint density at radius 3 is 2.17 bits per heavy atom. The molecular weight excluding hydrogens is 454 g/mol. The zero-order valence-electron chi connectivity index (χ0n) is 19.6. The van der Waals surface area contributed by atoms with Gasteiger partial charge in [0.05, 0.1) is 30.5 Å². The van der Waals surface area contributed by atoms with E-state index in [0.29, 0.717) is 60.3 Å². The lowest BCUT2D eigenvalue weighted by molar-refractivity contribution is -0.384. The molecule has 0 bridgehead atoms. The predicted molar refractivity (Wildman–Crippen MR) is 127 cm³/mol. The van der Waals surface area contributed by atoms with Crippen LogP contribution in [0, 0.1) is 10.1 Å². The maximum Gasteiger partial charge on any atom is 0.272 e. The standard InChI is InChI=1S/C24H25N5O6/c1-16(30)26-10-12-27(13-11-26)24(31)22-15-21(20-9-8-19(34-2)14-23(20)35-3)25-28(22)17-4-6-18(7-5-17)29(32)33/h4-9,14-15H,10-13H2,1-3H3. The molecule has 0 saturated carbocycles. The molecule has 182 valence electrons. The number of nitro benzene ring substituents is 1. The van der Waals surface area contributed by atoms with Crippen molar-refractivity contribution in [2.45, 2.75) is 6.92 Å². The number of methoxy groups -OCH3 is 2. The first kappa shape index (κ1) is 23.7. The zero-order valence-corrected chi connectivity index (χ0v) is 19.6. The van der Waals surface area contributed by atoms with Gasteiger partial charge in [0.15, 0.2) is 0 Å². The van der Waals surface area contributed by atoms with E-state index in [4.69, 9.17) is 9.47 Å². The molecule has 2 amide bonds. The van der Waals surface area contributed by atoms with Gasteiger partial charge in [0.25, 0.3) is 11.6 Å². The van der Waals surface area contributed by atoms with Crippen LogP contribution in [-0.4, -0.2) is 76.7 Å². The molecule has 11 nitrogen and oxygen atoms in total. The van der Waals surface area contributed by atoms with E-state index in [1.54, 1.807) is 53.3 Å². The number of aromatic nitrogens is 2. The number of non-ortho nitro benzene ring substituents is 1. The van der Waals surface area contributed by atoms with Crippen LogP contribution in [0.5, 0.6) is 11.5 Å². The van der Waals surface area contributed by atoms with Crippen LogP contribution in [0.4, 0.5) is 5.69 Å². The van der Waals surface area contributed by atoms with Crippen LogP contribution in [0.25, 0.3) is 16.9 Å². The third-order valence-electron chi connectivity index (χ3n) is 5.93. The van der Waals surface area contributed by atoms with Gasteiger partial charge in [-0.1, -0.05) is 0 Å². The fourth-order valence-corrected chi connectivity index (χ4v) is 3.97. The fraction of sp³-hybridized carbons (Fsp3) is 0.292. The van der Waals surface area contributed by atoms with Crippen LogP contribution < -0.4 is 9.47 Å². The Balaban J connectivity index is 1.76. The minimum atomic E-state index is -0.485. The highest BCUT2D eigenvalue weighted by molar-refractivity contribution is 5.95. The van der Waals surface area contributed by atoms with E-state index in [0.717, 1.165) is 0 Å². The van der Waals surface area contributed by atoms with E-state index >= 15 is 0 Å². The van der Waals surface area contributed by atoms with Gasteiger partial charge in [0.1, 0.15) is 17.2 Å². The number of hydrogen-bond acceptors (Lipinski definition) is 7. The van der Waals surface area contributed by atoms with E-state index < -0.39 is 4.92 Å². The van der Waals surface area contributed by atoms with Crippen LogP contribution in [0.3, 0.4) is 0 Å². The van der Waals surface area contributed by atoms with Crippen LogP contribution in [0.2, 0.25) is 0 Å². The van der Waals surface area contributed by atoms with Crippen molar-refractivity contribution >= 4 is 17.5 Å². The third-order valence-corrected chi connectivity index (χ3v) is 5.93. The monoisotopic (exact) mass is 479 g/mol. The number of carbonyl (C=O) groups excluding carboxylic acids is 2. The van der Waals surface area contributed by atoms with Gasteiger partial charge >= 0.3 is 0 Å². The summed E-state index contributed by atoms with van der Waals surface area (Å²) < 4.78 is 12.3. The Kier molecular flexibility index (Phi) is 6.67. The van der Waals surface area contributed by atoms with Gasteiger partial charge in [0.2, 0.25) is 5.91 Å². The molecule has 1 aromatic heterocycles. The topological polar surface area (TPSA) is 120 Å². The third kappa shape index (κ3) is 4.79. The summed E-state index contributed by atoms with van der Waals surface area (Å²) in [6, 6.07) is 12.8. The van der Waals surface area contributed by atoms with E-state index in [1.165, 1.54) is 30.8 Å². The lowest BCUT2D eigenvalue weighted by Crippen LogP contribution is -2.50. The second-order valence-corrected chi connectivity index (χ2v) is 7.96. The highest BCUT2D eigenvalue weighted by Crippen LogP contribution is 2.34. The number of ether oxygens (including phenoxy) is 2. The Bertz CT molecular complexity index is 1260. The highest BCUT2D eigenvalue weighted by Gasteiger charge is 2.27. The van der Waals surface area contributed by atoms with Gasteiger partial charge in [-0.25, -0.2) is 4.68 Å². The van der Waals surface area contributed by atoms with Gasteiger partial charge in [-0.3, -0.25) is 19.7 Å². The maximum atomic E-state index is 13.5. The first-order valence-corrected chi connectivity index (χ1v) is 10.9. The Labute approximate surface area is 201 Å². The second-order valence-electron chi connectivity index (χ2n) is 7.96. The molecule has 0 N–H and O–H groups in total. The average Bonchev–Trinajstić information content (AvgIpc) is 3.33. The number of benzene rings is 2. The average molecular weight is 479 g/mol. The molecule has 2 heterocycles. The minimum Gasteiger partial charge on any atom is -0.497 e. The van der Waals surface area contributed by atoms with Crippen molar-refractivity contribution in [3.63, 3.8) is 0 Å². The molecular formula is C24H25N5O6. The molecule has 4 rings (SSSR count). The number of piperazine rings is 1. The summed E-state index contributed by atoms with van der Waals surface area (Å²) in [5.74, 6) is 0.853. The molecule has 1 aliphatic rings. The van der Waals surface area contributed by atoms with Crippen molar-refractivity contribution in [3.05, 3.63) is 64.3 Å². The van der Waals surface area contributed by atoms with Crippen molar-refractivity contribution in [1.82, 2.24) is 19.6 Å². The summed E-state index contributed by atoms with van der Waals surface area (Å²) in [6.45, 7) is 3.20. The number of nitro groups is 1. The Morgan fingerprint density at radius 1 is 0.943 bits per heavy atom. The van der Waals surface area contributed by atoms with E-state index in [-0.39, 0.29) is 17.5 Å². The molecule has 0 radical (unpaired) electrons. The second kappa shape index (κ2) is 9.84. The van der Waals surface area contributed by atoms with Crippen molar-refractivity contribution < 1.29 is 24.0 Å². The number of nitrogens with zero attached hydrogens (tertiary/aromatic N) is 5. The Hall–Kier alpha value is -4.41. The van der Waals surface area contributed by atoms with Crippen molar-refractivity contribution in [2.75, 3.05) is 40.4 Å². The molecule has 1 fully saturated rings. The van der Waals surface area contributed by atoms with Gasteiger partial charge < -0.3 is 19.3 Å². The van der Waals surface area contributed by atoms with Crippen molar-refractivity contribution in [3.8, 4) is 28.4 Å². The molecule has 0 spiro atoms. The fourth-order valence-electron chi connectivity index (χ4n) is 3.97. The lowest BCUT2D eigenvalue weighted by Gasteiger charge is -2.34. The highest BCUT2D eigenvalue weighted by atomic mass is 16.6. The number of rotatable bonds is 6. The van der Waals surface area contributed by atoms with Gasteiger partial charge in [0, 0.05) is 56.9 Å².